The van der Waals surface area contributed by atoms with Crippen LogP contribution >= 0.6 is 0 Å². The van der Waals surface area contributed by atoms with Crippen molar-refractivity contribution in [2.24, 2.45) is 0 Å². The molecule has 0 bridgehead atoms. The highest BCUT2D eigenvalue weighted by Crippen LogP contribution is 2.21. The molecule has 0 aliphatic rings. The molecule has 2 N–H and O–H groups in total. The number of aromatic nitrogens is 3. The molecule has 2 heterocycles. The number of nitrogens with one attached hydrogen (secondary N) is 2. The number of rotatable bonds is 4. The number of aryl methyl sites for hydroxylation is 1. The molecule has 0 spiro atoms. The summed E-state index contributed by atoms with van der Waals surface area (Å²) in [4.78, 5) is 11.7. The van der Waals surface area contributed by atoms with Crippen molar-refractivity contribution in [2.75, 3.05) is 11.9 Å². The Bertz CT molecular complexity index is 564. The minimum atomic E-state index is 0.559. The number of fused-ring (bicyclic) bond motifs is 1. The zero-order valence-electron chi connectivity index (χ0n) is 10.0. The number of nitriles is 1. The second kappa shape index (κ2) is 4.83. The van der Waals surface area contributed by atoms with E-state index in [0.29, 0.717) is 16.9 Å². The van der Waals surface area contributed by atoms with Crippen LogP contribution in [0.3, 0.4) is 0 Å². The monoisotopic (exact) mass is 229 g/mol. The quantitative estimate of drug-likeness (QED) is 0.789. The zero-order chi connectivity index (χ0) is 12.3. The Balaban J connectivity index is 2.41. The molecule has 0 fully saturated rings. The van der Waals surface area contributed by atoms with Gasteiger partial charge in [-0.25, -0.2) is 9.97 Å². The summed E-state index contributed by atoms with van der Waals surface area (Å²) in [5.41, 5.74) is 2.06. The number of nitrogens with zero attached hydrogens (tertiary/aromatic N) is 3. The van der Waals surface area contributed by atoms with Crippen LogP contribution in [0.4, 0.5) is 5.82 Å². The van der Waals surface area contributed by atoms with Crippen LogP contribution in [0.25, 0.3) is 11.0 Å². The van der Waals surface area contributed by atoms with Crippen molar-refractivity contribution in [3.05, 3.63) is 17.6 Å². The topological polar surface area (TPSA) is 77.4 Å². The van der Waals surface area contributed by atoms with Gasteiger partial charge in [0.05, 0.1) is 5.56 Å². The van der Waals surface area contributed by atoms with Crippen LogP contribution in [-0.4, -0.2) is 21.5 Å². The van der Waals surface area contributed by atoms with Gasteiger partial charge in [-0.05, 0) is 13.3 Å². The van der Waals surface area contributed by atoms with E-state index in [1.807, 2.05) is 6.92 Å². The summed E-state index contributed by atoms with van der Waals surface area (Å²) in [6, 6.07) is 2.12. The maximum atomic E-state index is 8.97. The molecule has 0 amide bonds. The van der Waals surface area contributed by atoms with E-state index in [2.05, 4.69) is 33.3 Å². The molecule has 0 aromatic carbocycles. The molecule has 5 nitrogen and oxygen atoms in total. The molecule has 17 heavy (non-hydrogen) atoms. The van der Waals surface area contributed by atoms with Crippen LogP contribution in [0.1, 0.15) is 31.2 Å². The molecule has 0 saturated heterocycles. The Kier molecular flexibility index (Phi) is 3.24. The lowest BCUT2D eigenvalue weighted by molar-refractivity contribution is 0.830. The van der Waals surface area contributed by atoms with E-state index < -0.39 is 0 Å². The fourth-order valence-electron chi connectivity index (χ4n) is 1.71. The zero-order valence-corrected chi connectivity index (χ0v) is 10.0. The number of aromatic amines is 1. The molecule has 0 aliphatic heterocycles. The average Bonchev–Trinajstić information content (AvgIpc) is 2.72. The molecule has 2 rings (SSSR count). The minimum absolute atomic E-state index is 0.559. The lowest BCUT2D eigenvalue weighted by Gasteiger charge is -2.06. The Labute approximate surface area is 99.9 Å². The molecular formula is C12H15N5. The fourth-order valence-corrected chi connectivity index (χ4v) is 1.71. The Morgan fingerprint density at radius 1 is 1.47 bits per heavy atom. The molecule has 88 valence electrons. The summed E-state index contributed by atoms with van der Waals surface area (Å²) in [5, 5.41) is 12.2. The van der Waals surface area contributed by atoms with Crippen LogP contribution < -0.4 is 5.32 Å². The SMILES string of the molecule is CCCCNc1nc(C)nc2c(C#N)c[nH]c12. The maximum absolute atomic E-state index is 8.97. The molecule has 0 aliphatic carbocycles. The molecule has 0 atom stereocenters. The highest BCUT2D eigenvalue weighted by atomic mass is 15.0. The van der Waals surface area contributed by atoms with Gasteiger partial charge >= 0.3 is 0 Å². The normalized spacial score (nSPS) is 10.4. The third-order valence-corrected chi connectivity index (χ3v) is 2.58. The van der Waals surface area contributed by atoms with Crippen LogP contribution in [-0.2, 0) is 0 Å². The van der Waals surface area contributed by atoms with E-state index in [1.165, 1.54) is 0 Å². The lowest BCUT2D eigenvalue weighted by Crippen LogP contribution is -2.05. The molecule has 2 aromatic heterocycles. The number of anilines is 1. The summed E-state index contributed by atoms with van der Waals surface area (Å²) in [5.74, 6) is 1.45. The number of hydrogen-bond donors (Lipinski definition) is 2. The fraction of sp³-hybridized carbons (Fsp3) is 0.417. The van der Waals surface area contributed by atoms with Gasteiger partial charge in [-0.15, -0.1) is 0 Å². The molecule has 0 saturated carbocycles. The highest BCUT2D eigenvalue weighted by Gasteiger charge is 2.10. The summed E-state index contributed by atoms with van der Waals surface area (Å²) in [6.45, 7) is 4.85. The van der Waals surface area contributed by atoms with Gasteiger partial charge in [0, 0.05) is 12.7 Å². The molecular weight excluding hydrogens is 214 g/mol. The van der Waals surface area contributed by atoms with Gasteiger partial charge in [-0.2, -0.15) is 5.26 Å². The number of unbranched alkanes of at least 4 members (excludes halogenated alkanes) is 1. The van der Waals surface area contributed by atoms with Gasteiger partial charge in [0.1, 0.15) is 22.9 Å². The Hall–Kier alpha value is -2.09. The van der Waals surface area contributed by atoms with Crippen LogP contribution in [0, 0.1) is 18.3 Å². The summed E-state index contributed by atoms with van der Waals surface area (Å²) < 4.78 is 0. The van der Waals surface area contributed by atoms with Crippen LogP contribution in [0.5, 0.6) is 0 Å². The summed E-state index contributed by atoms with van der Waals surface area (Å²) >= 11 is 0. The number of hydrogen-bond acceptors (Lipinski definition) is 4. The van der Waals surface area contributed by atoms with Crippen molar-refractivity contribution in [1.29, 1.82) is 5.26 Å². The van der Waals surface area contributed by atoms with Crippen molar-refractivity contribution in [1.82, 2.24) is 15.0 Å². The summed E-state index contributed by atoms with van der Waals surface area (Å²) in [7, 11) is 0. The predicted octanol–water partition coefficient (Wildman–Crippen LogP) is 2.35. The second-order valence-corrected chi connectivity index (χ2v) is 3.94. The van der Waals surface area contributed by atoms with Crippen LogP contribution in [0.2, 0.25) is 0 Å². The number of H-pyrrole nitrogens is 1. The molecule has 5 heteroatoms. The van der Waals surface area contributed by atoms with Gasteiger partial charge < -0.3 is 10.3 Å². The van der Waals surface area contributed by atoms with E-state index in [-0.39, 0.29) is 0 Å². The van der Waals surface area contributed by atoms with Gasteiger partial charge in [-0.3, -0.25) is 0 Å². The third kappa shape index (κ3) is 2.21. The second-order valence-electron chi connectivity index (χ2n) is 3.94. The highest BCUT2D eigenvalue weighted by molar-refractivity contribution is 5.90. The van der Waals surface area contributed by atoms with E-state index in [0.717, 1.165) is 30.7 Å². The van der Waals surface area contributed by atoms with E-state index >= 15 is 0 Å². The van der Waals surface area contributed by atoms with Crippen molar-refractivity contribution in [3.8, 4) is 6.07 Å². The first-order valence-corrected chi connectivity index (χ1v) is 5.76. The van der Waals surface area contributed by atoms with E-state index in [9.17, 15) is 0 Å². The van der Waals surface area contributed by atoms with Crippen LogP contribution in [0.15, 0.2) is 6.20 Å². The predicted molar refractivity (Wildman–Crippen MR) is 66.7 cm³/mol. The van der Waals surface area contributed by atoms with Crippen molar-refractivity contribution < 1.29 is 0 Å². The first-order chi connectivity index (χ1) is 8.26. The first kappa shape index (κ1) is 11.4. The smallest absolute Gasteiger partial charge is 0.154 e. The molecule has 2 aromatic rings. The molecule has 0 radical (unpaired) electrons. The summed E-state index contributed by atoms with van der Waals surface area (Å²) in [6.07, 6.45) is 3.90. The molecule has 0 unspecified atom stereocenters. The largest absolute Gasteiger partial charge is 0.368 e. The third-order valence-electron chi connectivity index (χ3n) is 2.58. The van der Waals surface area contributed by atoms with Crippen molar-refractivity contribution in [2.45, 2.75) is 26.7 Å². The minimum Gasteiger partial charge on any atom is -0.368 e. The lowest BCUT2D eigenvalue weighted by atomic mass is 10.3. The van der Waals surface area contributed by atoms with E-state index in [1.54, 1.807) is 6.20 Å². The van der Waals surface area contributed by atoms with Crippen molar-refractivity contribution in [3.63, 3.8) is 0 Å². The Morgan fingerprint density at radius 2 is 2.29 bits per heavy atom. The van der Waals surface area contributed by atoms with Gasteiger partial charge in [0.25, 0.3) is 0 Å². The standard InChI is InChI=1S/C12H15N5/c1-3-4-5-14-12-11-10(16-8(2)17-12)9(6-13)7-15-11/h7,15H,3-5H2,1-2H3,(H,14,16,17). The Morgan fingerprint density at radius 3 is 3.00 bits per heavy atom. The maximum Gasteiger partial charge on any atom is 0.154 e. The van der Waals surface area contributed by atoms with Gasteiger partial charge in [-0.1, -0.05) is 13.3 Å². The first-order valence-electron chi connectivity index (χ1n) is 5.76. The van der Waals surface area contributed by atoms with Crippen molar-refractivity contribution >= 4 is 16.9 Å². The van der Waals surface area contributed by atoms with Gasteiger partial charge in [0.2, 0.25) is 0 Å². The van der Waals surface area contributed by atoms with E-state index in [4.69, 9.17) is 5.26 Å². The van der Waals surface area contributed by atoms with Gasteiger partial charge in [0.15, 0.2) is 5.82 Å². The average molecular weight is 229 g/mol.